The second kappa shape index (κ2) is 17.0. The van der Waals surface area contributed by atoms with Gasteiger partial charge in [0.25, 0.3) is 0 Å². The number of halogens is 1. The Hall–Kier alpha value is -2.70. The molecule has 0 aromatic heterocycles. The van der Waals surface area contributed by atoms with Gasteiger partial charge in [-0.25, -0.2) is 0 Å². The SMILES string of the molecule is CC(C)C[C@@H]1NC(=O)[C@H](Cc2ccc(I)cc2)NC(=O)[C@H](CC(C)C)NC(=O)[C@H](C(C)C)NC(=O)[C@H](CC(C)C)NC1=O. The first kappa shape index (κ1) is 36.5. The summed E-state index contributed by atoms with van der Waals surface area (Å²) in [6, 6.07) is 2.93. The van der Waals surface area contributed by atoms with Crippen LogP contribution in [0.25, 0.3) is 0 Å². The van der Waals surface area contributed by atoms with Gasteiger partial charge in [0.15, 0.2) is 0 Å². The van der Waals surface area contributed by atoms with Crippen molar-refractivity contribution >= 4 is 52.1 Å². The van der Waals surface area contributed by atoms with Crippen molar-refractivity contribution in [2.45, 2.75) is 111 Å². The molecule has 0 saturated carbocycles. The highest BCUT2D eigenvalue weighted by Crippen LogP contribution is 2.14. The number of rotatable bonds is 9. The van der Waals surface area contributed by atoms with Crippen LogP contribution in [0, 0.1) is 27.2 Å². The van der Waals surface area contributed by atoms with Crippen molar-refractivity contribution in [2.75, 3.05) is 0 Å². The first-order chi connectivity index (χ1) is 20.1. The van der Waals surface area contributed by atoms with Crippen molar-refractivity contribution < 1.29 is 24.0 Å². The molecular formula is C32H50IN5O5. The van der Waals surface area contributed by atoms with Crippen LogP contribution < -0.4 is 26.6 Å². The molecule has 0 unspecified atom stereocenters. The lowest BCUT2D eigenvalue weighted by molar-refractivity contribution is -0.135. The molecule has 5 atom stereocenters. The minimum absolute atomic E-state index is 0.0568. The zero-order valence-corrected chi connectivity index (χ0v) is 28.9. The van der Waals surface area contributed by atoms with E-state index < -0.39 is 59.7 Å². The van der Waals surface area contributed by atoms with E-state index >= 15 is 0 Å². The Morgan fingerprint density at radius 2 is 0.884 bits per heavy atom. The average molecular weight is 712 g/mol. The van der Waals surface area contributed by atoms with E-state index in [9.17, 15) is 24.0 Å². The minimum atomic E-state index is -1.00. The van der Waals surface area contributed by atoms with Gasteiger partial charge in [0, 0.05) is 9.99 Å². The third-order valence-electron chi connectivity index (χ3n) is 7.25. The molecule has 0 bridgehead atoms. The second-order valence-electron chi connectivity index (χ2n) is 13.2. The largest absolute Gasteiger partial charge is 0.343 e. The summed E-state index contributed by atoms with van der Waals surface area (Å²) in [6.07, 6.45) is 1.21. The van der Waals surface area contributed by atoms with Gasteiger partial charge in [-0.3, -0.25) is 24.0 Å². The summed E-state index contributed by atoms with van der Waals surface area (Å²) in [4.78, 5) is 68.2. The molecule has 2 rings (SSSR count). The topological polar surface area (TPSA) is 146 Å². The Morgan fingerprint density at radius 3 is 1.28 bits per heavy atom. The first-order valence-corrected chi connectivity index (χ1v) is 16.4. The molecular weight excluding hydrogens is 661 g/mol. The molecule has 5 N–H and O–H groups in total. The molecule has 0 radical (unpaired) electrons. The van der Waals surface area contributed by atoms with Gasteiger partial charge in [-0.1, -0.05) is 67.5 Å². The second-order valence-corrected chi connectivity index (χ2v) is 14.4. The van der Waals surface area contributed by atoms with E-state index in [2.05, 4.69) is 49.2 Å². The number of amides is 5. The molecule has 1 aliphatic heterocycles. The smallest absolute Gasteiger partial charge is 0.243 e. The van der Waals surface area contributed by atoms with Crippen LogP contribution in [0.3, 0.4) is 0 Å². The van der Waals surface area contributed by atoms with Gasteiger partial charge in [-0.15, -0.1) is 0 Å². The quantitative estimate of drug-likeness (QED) is 0.250. The molecule has 1 aromatic rings. The van der Waals surface area contributed by atoms with Crippen LogP contribution in [0.4, 0.5) is 0 Å². The fraction of sp³-hybridized carbons (Fsp3) is 0.656. The van der Waals surface area contributed by atoms with E-state index in [0.29, 0.717) is 19.3 Å². The summed E-state index contributed by atoms with van der Waals surface area (Å²) < 4.78 is 1.03. The van der Waals surface area contributed by atoms with Gasteiger partial charge in [0.05, 0.1) is 0 Å². The van der Waals surface area contributed by atoms with Crippen LogP contribution in [0.15, 0.2) is 24.3 Å². The Kier molecular flexibility index (Phi) is 14.4. The lowest BCUT2D eigenvalue weighted by Gasteiger charge is -2.28. The number of hydrogen-bond acceptors (Lipinski definition) is 5. The van der Waals surface area contributed by atoms with Gasteiger partial charge >= 0.3 is 0 Å². The number of carbonyl (C=O) groups excluding carboxylic acids is 5. The molecule has 1 aromatic carbocycles. The number of nitrogens with one attached hydrogen (secondary N) is 5. The van der Waals surface area contributed by atoms with Crippen LogP contribution in [-0.2, 0) is 30.4 Å². The fourth-order valence-electron chi connectivity index (χ4n) is 5.04. The summed E-state index contributed by atoms with van der Waals surface area (Å²) in [5, 5.41) is 14.2. The van der Waals surface area contributed by atoms with Crippen molar-refractivity contribution in [1.29, 1.82) is 0 Å². The molecule has 0 spiro atoms. The van der Waals surface area contributed by atoms with Crippen LogP contribution in [0.5, 0.6) is 0 Å². The van der Waals surface area contributed by atoms with Crippen LogP contribution in [0.1, 0.15) is 80.2 Å². The molecule has 1 saturated heterocycles. The molecule has 240 valence electrons. The van der Waals surface area contributed by atoms with Gasteiger partial charge in [0.1, 0.15) is 30.2 Å². The predicted molar refractivity (Wildman–Crippen MR) is 176 cm³/mol. The number of carbonyl (C=O) groups is 5. The molecule has 1 fully saturated rings. The van der Waals surface area contributed by atoms with E-state index in [1.165, 1.54) is 0 Å². The maximum atomic E-state index is 13.8. The van der Waals surface area contributed by atoms with E-state index in [-0.39, 0.29) is 30.1 Å². The normalized spacial score (nSPS) is 24.7. The van der Waals surface area contributed by atoms with Crippen molar-refractivity contribution in [3.8, 4) is 0 Å². The number of benzene rings is 1. The summed E-state index contributed by atoms with van der Waals surface area (Å²) >= 11 is 2.20. The van der Waals surface area contributed by atoms with E-state index in [0.717, 1.165) is 9.13 Å². The maximum absolute atomic E-state index is 13.8. The molecule has 5 amide bonds. The van der Waals surface area contributed by atoms with Crippen molar-refractivity contribution in [1.82, 2.24) is 26.6 Å². The van der Waals surface area contributed by atoms with Crippen LogP contribution in [-0.4, -0.2) is 59.7 Å². The molecule has 1 heterocycles. The monoisotopic (exact) mass is 711 g/mol. The highest BCUT2D eigenvalue weighted by Gasteiger charge is 2.36. The zero-order chi connectivity index (χ0) is 32.4. The molecule has 1 aliphatic rings. The standard InChI is InChI=1S/C32H50IN5O5/c1-17(2)13-23-28(39)35-25(15-19(5)6)31(42)38-27(20(7)8)32(43)37-24(14-18(3)4)29(40)36-26(30(41)34-23)16-21-9-11-22(33)12-10-21/h9-12,17-20,23-27H,13-16H2,1-8H3,(H,34,41)(H,35,39)(H,36,40)(H,37,43)(H,38,42)/t23-,24-,25-,26-,27-/m0/s1. The summed E-state index contributed by atoms with van der Waals surface area (Å²) in [5.41, 5.74) is 0.833. The average Bonchev–Trinajstić information content (AvgIpc) is 2.89. The summed E-state index contributed by atoms with van der Waals surface area (Å²) in [5.74, 6) is -2.58. The van der Waals surface area contributed by atoms with E-state index in [1.54, 1.807) is 0 Å². The summed E-state index contributed by atoms with van der Waals surface area (Å²) in [6.45, 7) is 15.3. The third-order valence-corrected chi connectivity index (χ3v) is 7.97. The van der Waals surface area contributed by atoms with Gasteiger partial charge in [-0.05, 0) is 83.2 Å². The van der Waals surface area contributed by atoms with Crippen LogP contribution in [0.2, 0.25) is 0 Å². The molecule has 10 nitrogen and oxygen atoms in total. The first-order valence-electron chi connectivity index (χ1n) is 15.3. The minimum Gasteiger partial charge on any atom is -0.343 e. The molecule has 11 heteroatoms. The lowest BCUT2D eigenvalue weighted by atomic mass is 9.98. The molecule has 0 aliphatic carbocycles. The Balaban J connectivity index is 2.60. The highest BCUT2D eigenvalue weighted by molar-refractivity contribution is 14.1. The van der Waals surface area contributed by atoms with Gasteiger partial charge < -0.3 is 26.6 Å². The Bertz CT molecular complexity index is 1120. The highest BCUT2D eigenvalue weighted by atomic mass is 127. The maximum Gasteiger partial charge on any atom is 0.243 e. The fourth-order valence-corrected chi connectivity index (χ4v) is 5.40. The van der Waals surface area contributed by atoms with Gasteiger partial charge in [0.2, 0.25) is 29.5 Å². The Morgan fingerprint density at radius 1 is 0.535 bits per heavy atom. The zero-order valence-electron chi connectivity index (χ0n) is 26.8. The molecule has 43 heavy (non-hydrogen) atoms. The van der Waals surface area contributed by atoms with Crippen molar-refractivity contribution in [3.05, 3.63) is 33.4 Å². The van der Waals surface area contributed by atoms with Crippen LogP contribution >= 0.6 is 22.6 Å². The van der Waals surface area contributed by atoms with E-state index in [1.807, 2.05) is 79.7 Å². The van der Waals surface area contributed by atoms with E-state index in [4.69, 9.17) is 0 Å². The third kappa shape index (κ3) is 12.1. The van der Waals surface area contributed by atoms with Crippen molar-refractivity contribution in [3.63, 3.8) is 0 Å². The lowest BCUT2D eigenvalue weighted by Crippen LogP contribution is -2.59. The summed E-state index contributed by atoms with van der Waals surface area (Å²) in [7, 11) is 0. The Labute approximate surface area is 270 Å². The van der Waals surface area contributed by atoms with Gasteiger partial charge in [-0.2, -0.15) is 0 Å². The van der Waals surface area contributed by atoms with Crippen molar-refractivity contribution in [2.24, 2.45) is 23.7 Å². The number of hydrogen-bond donors (Lipinski definition) is 5. The predicted octanol–water partition coefficient (Wildman–Crippen LogP) is 3.07.